The Bertz CT molecular complexity index is 470. The fourth-order valence-corrected chi connectivity index (χ4v) is 2.07. The minimum atomic E-state index is 0.142. The number of H-pyrrole nitrogens is 1. The van der Waals surface area contributed by atoms with Crippen molar-refractivity contribution in [3.63, 3.8) is 0 Å². The maximum absolute atomic E-state index is 6.19. The lowest BCUT2D eigenvalue weighted by atomic mass is 10.0. The minimum Gasteiger partial charge on any atom is -0.308 e. The summed E-state index contributed by atoms with van der Waals surface area (Å²) in [6.07, 6.45) is 3.65. The predicted octanol–water partition coefficient (Wildman–Crippen LogP) is 2.74. The Labute approximate surface area is 112 Å². The number of hydrogen-bond acceptors (Lipinski definition) is 3. The molecule has 0 bridgehead atoms. The summed E-state index contributed by atoms with van der Waals surface area (Å²) in [6, 6.07) is 8.04. The molecule has 0 spiro atoms. The molecular formula is C13H17ClN4. The van der Waals surface area contributed by atoms with Crippen LogP contribution in [0.5, 0.6) is 0 Å². The monoisotopic (exact) mass is 264 g/mol. The first-order valence-electron chi connectivity index (χ1n) is 6.13. The fraction of sp³-hybridized carbons (Fsp3) is 0.385. The average molecular weight is 265 g/mol. The first-order chi connectivity index (χ1) is 8.81. The molecule has 2 N–H and O–H groups in total. The number of halogens is 1. The number of nitrogens with one attached hydrogen (secondary N) is 2. The summed E-state index contributed by atoms with van der Waals surface area (Å²) in [5.74, 6) is 0. The van der Waals surface area contributed by atoms with Crippen molar-refractivity contribution in [3.05, 3.63) is 46.7 Å². The number of benzene rings is 1. The van der Waals surface area contributed by atoms with Crippen molar-refractivity contribution in [2.45, 2.75) is 25.8 Å². The maximum Gasteiger partial charge on any atom is 0.0997 e. The van der Waals surface area contributed by atoms with Gasteiger partial charge in [0.2, 0.25) is 0 Å². The molecule has 0 fully saturated rings. The molecule has 0 aliphatic heterocycles. The van der Waals surface area contributed by atoms with Crippen LogP contribution in [-0.4, -0.2) is 22.0 Å². The highest BCUT2D eigenvalue weighted by atomic mass is 35.5. The number of nitrogens with zero attached hydrogens (tertiary/aromatic N) is 2. The number of aromatic nitrogens is 3. The van der Waals surface area contributed by atoms with E-state index in [1.807, 2.05) is 24.3 Å². The second-order valence-electron chi connectivity index (χ2n) is 4.20. The summed E-state index contributed by atoms with van der Waals surface area (Å²) in [4.78, 5) is 0. The highest BCUT2D eigenvalue weighted by Gasteiger charge is 2.15. The van der Waals surface area contributed by atoms with Gasteiger partial charge in [-0.05, 0) is 31.0 Å². The molecule has 96 valence electrons. The number of rotatable bonds is 6. The third-order valence-electron chi connectivity index (χ3n) is 2.81. The van der Waals surface area contributed by atoms with E-state index in [0.717, 1.165) is 35.7 Å². The topological polar surface area (TPSA) is 53.6 Å². The lowest BCUT2D eigenvalue weighted by Crippen LogP contribution is -2.24. The van der Waals surface area contributed by atoms with Crippen molar-refractivity contribution in [3.8, 4) is 0 Å². The van der Waals surface area contributed by atoms with Gasteiger partial charge in [0.25, 0.3) is 0 Å². The first-order valence-corrected chi connectivity index (χ1v) is 6.51. The summed E-state index contributed by atoms with van der Waals surface area (Å²) < 4.78 is 0. The Morgan fingerprint density at radius 1 is 1.39 bits per heavy atom. The Hall–Kier alpha value is -1.39. The van der Waals surface area contributed by atoms with Crippen molar-refractivity contribution in [1.29, 1.82) is 0 Å². The van der Waals surface area contributed by atoms with Gasteiger partial charge in [0.1, 0.15) is 0 Å². The van der Waals surface area contributed by atoms with E-state index in [4.69, 9.17) is 11.6 Å². The van der Waals surface area contributed by atoms with Crippen LogP contribution in [0.15, 0.2) is 30.5 Å². The zero-order valence-electron chi connectivity index (χ0n) is 10.4. The molecule has 1 atom stereocenters. The van der Waals surface area contributed by atoms with Gasteiger partial charge in [-0.3, -0.25) is 0 Å². The Kier molecular flexibility index (Phi) is 4.73. The summed E-state index contributed by atoms with van der Waals surface area (Å²) in [5, 5.41) is 14.9. The van der Waals surface area contributed by atoms with Crippen LogP contribution in [0, 0.1) is 0 Å². The van der Waals surface area contributed by atoms with Gasteiger partial charge in [-0.1, -0.05) is 36.7 Å². The van der Waals surface area contributed by atoms with Crippen molar-refractivity contribution in [1.82, 2.24) is 20.7 Å². The Morgan fingerprint density at radius 2 is 2.22 bits per heavy atom. The summed E-state index contributed by atoms with van der Waals surface area (Å²) in [7, 11) is 0. The largest absolute Gasteiger partial charge is 0.308 e. The third-order valence-corrected chi connectivity index (χ3v) is 3.18. The molecular weight excluding hydrogens is 248 g/mol. The van der Waals surface area contributed by atoms with E-state index in [1.165, 1.54) is 0 Å². The van der Waals surface area contributed by atoms with Crippen LogP contribution in [0.3, 0.4) is 0 Å². The van der Waals surface area contributed by atoms with Gasteiger partial charge in [-0.15, -0.1) is 0 Å². The van der Waals surface area contributed by atoms with Gasteiger partial charge in [0.05, 0.1) is 17.9 Å². The van der Waals surface area contributed by atoms with Gasteiger partial charge in [0.15, 0.2) is 0 Å². The van der Waals surface area contributed by atoms with E-state index >= 15 is 0 Å². The van der Waals surface area contributed by atoms with Crippen molar-refractivity contribution >= 4 is 11.6 Å². The molecule has 1 unspecified atom stereocenters. The van der Waals surface area contributed by atoms with Crippen LogP contribution < -0.4 is 5.32 Å². The van der Waals surface area contributed by atoms with E-state index in [2.05, 4.69) is 27.7 Å². The lowest BCUT2D eigenvalue weighted by Gasteiger charge is -2.16. The van der Waals surface area contributed by atoms with Crippen molar-refractivity contribution < 1.29 is 0 Å². The molecule has 0 saturated heterocycles. The second-order valence-corrected chi connectivity index (χ2v) is 4.60. The quantitative estimate of drug-likeness (QED) is 0.844. The molecule has 0 amide bonds. The zero-order valence-corrected chi connectivity index (χ0v) is 11.1. The SMILES string of the molecule is CCCNC(Cc1ccccc1Cl)c1cn[nH]n1. The molecule has 18 heavy (non-hydrogen) atoms. The molecule has 1 aromatic heterocycles. The fourth-order valence-electron chi connectivity index (χ4n) is 1.86. The highest BCUT2D eigenvalue weighted by molar-refractivity contribution is 6.31. The number of aromatic amines is 1. The van der Waals surface area contributed by atoms with Crippen molar-refractivity contribution in [2.24, 2.45) is 0 Å². The molecule has 2 aromatic rings. The van der Waals surface area contributed by atoms with Crippen LogP contribution in [0.4, 0.5) is 0 Å². The van der Waals surface area contributed by atoms with Gasteiger partial charge >= 0.3 is 0 Å². The normalized spacial score (nSPS) is 12.6. The second kappa shape index (κ2) is 6.52. The van der Waals surface area contributed by atoms with E-state index in [-0.39, 0.29) is 6.04 Å². The van der Waals surface area contributed by atoms with E-state index < -0.39 is 0 Å². The third kappa shape index (κ3) is 3.31. The first kappa shape index (κ1) is 13.1. The van der Waals surface area contributed by atoms with Gasteiger partial charge in [0, 0.05) is 5.02 Å². The molecule has 4 nitrogen and oxygen atoms in total. The molecule has 0 aliphatic rings. The van der Waals surface area contributed by atoms with Gasteiger partial charge < -0.3 is 5.32 Å². The molecule has 0 aliphatic carbocycles. The Morgan fingerprint density at radius 3 is 2.89 bits per heavy atom. The maximum atomic E-state index is 6.19. The van der Waals surface area contributed by atoms with Crippen LogP contribution >= 0.6 is 11.6 Å². The molecule has 2 rings (SSSR count). The van der Waals surface area contributed by atoms with E-state index in [9.17, 15) is 0 Å². The summed E-state index contributed by atoms with van der Waals surface area (Å²) >= 11 is 6.19. The molecule has 1 heterocycles. The average Bonchev–Trinajstić information content (AvgIpc) is 2.90. The zero-order chi connectivity index (χ0) is 12.8. The molecule has 0 saturated carbocycles. The Balaban J connectivity index is 2.13. The highest BCUT2D eigenvalue weighted by Crippen LogP contribution is 2.22. The minimum absolute atomic E-state index is 0.142. The van der Waals surface area contributed by atoms with Gasteiger partial charge in [-0.2, -0.15) is 15.4 Å². The van der Waals surface area contributed by atoms with Gasteiger partial charge in [-0.25, -0.2) is 0 Å². The molecule has 0 radical (unpaired) electrons. The van der Waals surface area contributed by atoms with Crippen LogP contribution in [-0.2, 0) is 6.42 Å². The molecule has 5 heteroatoms. The summed E-state index contributed by atoms with van der Waals surface area (Å²) in [6.45, 7) is 3.09. The van der Waals surface area contributed by atoms with Crippen LogP contribution in [0.2, 0.25) is 5.02 Å². The smallest absolute Gasteiger partial charge is 0.0997 e. The predicted molar refractivity (Wildman–Crippen MR) is 72.6 cm³/mol. The van der Waals surface area contributed by atoms with Crippen LogP contribution in [0.25, 0.3) is 0 Å². The lowest BCUT2D eigenvalue weighted by molar-refractivity contribution is 0.517. The summed E-state index contributed by atoms with van der Waals surface area (Å²) in [5.41, 5.74) is 2.04. The number of hydrogen-bond donors (Lipinski definition) is 2. The van der Waals surface area contributed by atoms with Crippen molar-refractivity contribution in [2.75, 3.05) is 6.54 Å². The van der Waals surface area contributed by atoms with Crippen LogP contribution in [0.1, 0.15) is 30.6 Å². The van der Waals surface area contributed by atoms with E-state index in [1.54, 1.807) is 6.20 Å². The standard InChI is InChI=1S/C13H17ClN4/c1-2-7-15-12(13-9-16-18-17-13)8-10-5-3-4-6-11(10)14/h3-6,9,12,15H,2,7-8H2,1H3,(H,16,17,18). The molecule has 1 aromatic carbocycles. The van der Waals surface area contributed by atoms with E-state index in [0.29, 0.717) is 0 Å².